The minimum absolute atomic E-state index is 0.00661. The minimum atomic E-state index is -0.537. The molecule has 1 heterocycles. The standard InChI is InChI=1S/C14H24N2O3/c1-11(9-18-3)19-10-13(17)8-16-12(2)14-6-4-5-7-15-14/h4-7,11-13,16-17H,8-10H2,1-3H3. The summed E-state index contributed by atoms with van der Waals surface area (Å²) in [6.45, 7) is 5.23. The number of hydrogen-bond donors (Lipinski definition) is 2. The summed E-state index contributed by atoms with van der Waals surface area (Å²) in [7, 11) is 1.63. The van der Waals surface area contributed by atoms with Crippen LogP contribution < -0.4 is 5.32 Å². The topological polar surface area (TPSA) is 63.6 Å². The lowest BCUT2D eigenvalue weighted by molar-refractivity contribution is -0.0315. The summed E-state index contributed by atoms with van der Waals surface area (Å²) in [5.74, 6) is 0. The molecule has 0 spiro atoms. The summed E-state index contributed by atoms with van der Waals surface area (Å²) in [5, 5.41) is 13.0. The monoisotopic (exact) mass is 268 g/mol. The minimum Gasteiger partial charge on any atom is -0.389 e. The molecule has 5 heteroatoms. The number of hydrogen-bond acceptors (Lipinski definition) is 5. The predicted molar refractivity (Wildman–Crippen MR) is 74.0 cm³/mol. The van der Waals surface area contributed by atoms with Crippen LogP contribution in [0.3, 0.4) is 0 Å². The van der Waals surface area contributed by atoms with Crippen LogP contribution >= 0.6 is 0 Å². The number of nitrogens with zero attached hydrogens (tertiary/aromatic N) is 1. The number of aliphatic hydroxyl groups is 1. The first-order valence-corrected chi connectivity index (χ1v) is 6.56. The third-order valence-corrected chi connectivity index (χ3v) is 2.77. The molecule has 3 unspecified atom stereocenters. The molecule has 19 heavy (non-hydrogen) atoms. The van der Waals surface area contributed by atoms with Crippen LogP contribution in [0.4, 0.5) is 0 Å². The van der Waals surface area contributed by atoms with Crippen molar-refractivity contribution in [2.75, 3.05) is 26.9 Å². The van der Waals surface area contributed by atoms with Crippen molar-refractivity contribution >= 4 is 0 Å². The Bertz CT molecular complexity index is 335. The Hall–Kier alpha value is -1.01. The zero-order valence-electron chi connectivity index (χ0n) is 11.9. The van der Waals surface area contributed by atoms with E-state index in [1.807, 2.05) is 32.0 Å². The molecule has 0 saturated heterocycles. The maximum atomic E-state index is 9.81. The van der Waals surface area contributed by atoms with E-state index < -0.39 is 6.10 Å². The molecule has 2 N–H and O–H groups in total. The first-order chi connectivity index (χ1) is 9.13. The van der Waals surface area contributed by atoms with Gasteiger partial charge in [-0.25, -0.2) is 0 Å². The van der Waals surface area contributed by atoms with E-state index in [0.717, 1.165) is 5.69 Å². The van der Waals surface area contributed by atoms with E-state index in [9.17, 15) is 5.11 Å². The molecule has 0 amide bonds. The molecule has 108 valence electrons. The first kappa shape index (κ1) is 16.0. The van der Waals surface area contributed by atoms with Crippen molar-refractivity contribution in [3.63, 3.8) is 0 Å². The highest BCUT2D eigenvalue weighted by atomic mass is 16.5. The smallest absolute Gasteiger partial charge is 0.0898 e. The molecule has 1 rings (SSSR count). The summed E-state index contributed by atoms with van der Waals surface area (Å²) >= 11 is 0. The Morgan fingerprint density at radius 3 is 2.74 bits per heavy atom. The Kier molecular flexibility index (Phi) is 7.59. The highest BCUT2D eigenvalue weighted by Gasteiger charge is 2.11. The molecule has 0 aliphatic carbocycles. The number of aliphatic hydroxyl groups excluding tert-OH is 1. The molecular formula is C14H24N2O3. The van der Waals surface area contributed by atoms with Gasteiger partial charge in [0.25, 0.3) is 0 Å². The van der Waals surface area contributed by atoms with Crippen molar-refractivity contribution in [3.8, 4) is 0 Å². The fourth-order valence-electron chi connectivity index (χ4n) is 1.67. The molecule has 3 atom stereocenters. The molecule has 0 fully saturated rings. The highest BCUT2D eigenvalue weighted by molar-refractivity contribution is 5.07. The van der Waals surface area contributed by atoms with Gasteiger partial charge >= 0.3 is 0 Å². The van der Waals surface area contributed by atoms with Gasteiger partial charge in [-0.2, -0.15) is 0 Å². The number of pyridine rings is 1. The second kappa shape index (κ2) is 8.98. The van der Waals surface area contributed by atoms with Crippen molar-refractivity contribution in [1.29, 1.82) is 0 Å². The molecule has 0 radical (unpaired) electrons. The van der Waals surface area contributed by atoms with E-state index in [0.29, 0.717) is 19.8 Å². The van der Waals surface area contributed by atoms with Gasteiger partial charge in [0.15, 0.2) is 0 Å². The molecular weight excluding hydrogens is 244 g/mol. The Balaban J connectivity index is 2.21. The zero-order chi connectivity index (χ0) is 14.1. The van der Waals surface area contributed by atoms with Crippen molar-refractivity contribution < 1.29 is 14.6 Å². The second-order valence-corrected chi connectivity index (χ2v) is 4.64. The van der Waals surface area contributed by atoms with Crippen molar-refractivity contribution in [1.82, 2.24) is 10.3 Å². The van der Waals surface area contributed by atoms with E-state index in [-0.39, 0.29) is 12.1 Å². The van der Waals surface area contributed by atoms with Crippen molar-refractivity contribution in [2.24, 2.45) is 0 Å². The maximum absolute atomic E-state index is 9.81. The summed E-state index contributed by atoms with van der Waals surface area (Å²) in [4.78, 5) is 4.26. The molecule has 0 saturated carbocycles. The van der Waals surface area contributed by atoms with Gasteiger partial charge in [-0.05, 0) is 26.0 Å². The van der Waals surface area contributed by atoms with Gasteiger partial charge in [0.05, 0.1) is 31.1 Å². The lowest BCUT2D eigenvalue weighted by atomic mass is 10.2. The molecule has 0 aliphatic rings. The Labute approximate surface area is 115 Å². The second-order valence-electron chi connectivity index (χ2n) is 4.64. The SMILES string of the molecule is COCC(C)OCC(O)CNC(C)c1ccccn1. The largest absolute Gasteiger partial charge is 0.389 e. The lowest BCUT2D eigenvalue weighted by Gasteiger charge is -2.18. The molecule has 1 aromatic heterocycles. The lowest BCUT2D eigenvalue weighted by Crippen LogP contribution is -2.33. The van der Waals surface area contributed by atoms with Crippen LogP contribution in [0.25, 0.3) is 0 Å². The normalized spacial score (nSPS) is 16.0. The summed E-state index contributed by atoms with van der Waals surface area (Å²) < 4.78 is 10.4. The van der Waals surface area contributed by atoms with Gasteiger partial charge in [-0.1, -0.05) is 6.07 Å². The van der Waals surface area contributed by atoms with E-state index in [1.165, 1.54) is 0 Å². The summed E-state index contributed by atoms with van der Waals surface area (Å²) in [5.41, 5.74) is 0.961. The molecule has 0 aromatic carbocycles. The fraction of sp³-hybridized carbons (Fsp3) is 0.643. The van der Waals surface area contributed by atoms with Crippen LogP contribution in [0, 0.1) is 0 Å². The van der Waals surface area contributed by atoms with Gasteiger partial charge in [0.1, 0.15) is 0 Å². The van der Waals surface area contributed by atoms with Crippen LogP contribution in [0.1, 0.15) is 25.6 Å². The van der Waals surface area contributed by atoms with E-state index >= 15 is 0 Å². The van der Waals surface area contributed by atoms with Crippen LogP contribution in [0.5, 0.6) is 0 Å². The molecule has 0 bridgehead atoms. The van der Waals surface area contributed by atoms with Gasteiger partial charge in [0, 0.05) is 25.9 Å². The Morgan fingerprint density at radius 2 is 2.11 bits per heavy atom. The van der Waals surface area contributed by atoms with Gasteiger partial charge in [-0.15, -0.1) is 0 Å². The summed E-state index contributed by atoms with van der Waals surface area (Å²) in [6.07, 6.45) is 1.22. The zero-order valence-corrected chi connectivity index (χ0v) is 11.9. The van der Waals surface area contributed by atoms with Gasteiger partial charge in [0.2, 0.25) is 0 Å². The fourth-order valence-corrected chi connectivity index (χ4v) is 1.67. The van der Waals surface area contributed by atoms with E-state index in [4.69, 9.17) is 9.47 Å². The van der Waals surface area contributed by atoms with Crippen LogP contribution in [0.15, 0.2) is 24.4 Å². The predicted octanol–water partition coefficient (Wildman–Crippen LogP) is 1.14. The third-order valence-electron chi connectivity index (χ3n) is 2.77. The van der Waals surface area contributed by atoms with Gasteiger partial charge < -0.3 is 19.9 Å². The van der Waals surface area contributed by atoms with E-state index in [1.54, 1.807) is 13.3 Å². The Morgan fingerprint density at radius 1 is 1.32 bits per heavy atom. The quantitative estimate of drug-likeness (QED) is 0.703. The van der Waals surface area contributed by atoms with Crippen LogP contribution in [-0.4, -0.2) is 49.2 Å². The average molecular weight is 268 g/mol. The molecule has 1 aromatic rings. The van der Waals surface area contributed by atoms with Crippen molar-refractivity contribution in [2.45, 2.75) is 32.1 Å². The first-order valence-electron chi connectivity index (χ1n) is 6.56. The van der Waals surface area contributed by atoms with Crippen LogP contribution in [-0.2, 0) is 9.47 Å². The number of aromatic nitrogens is 1. The summed E-state index contributed by atoms with van der Waals surface area (Å²) in [6, 6.07) is 5.90. The number of ether oxygens (including phenoxy) is 2. The van der Waals surface area contributed by atoms with Gasteiger partial charge in [-0.3, -0.25) is 4.98 Å². The number of rotatable bonds is 9. The van der Waals surface area contributed by atoms with Crippen molar-refractivity contribution in [3.05, 3.63) is 30.1 Å². The molecule has 5 nitrogen and oxygen atoms in total. The molecule has 0 aliphatic heterocycles. The maximum Gasteiger partial charge on any atom is 0.0898 e. The third kappa shape index (κ3) is 6.63. The number of methoxy groups -OCH3 is 1. The van der Waals surface area contributed by atoms with Crippen LogP contribution in [0.2, 0.25) is 0 Å². The number of nitrogens with one attached hydrogen (secondary N) is 1. The van der Waals surface area contributed by atoms with E-state index in [2.05, 4.69) is 10.3 Å². The highest BCUT2D eigenvalue weighted by Crippen LogP contribution is 2.07. The average Bonchev–Trinajstić information content (AvgIpc) is 2.44.